The summed E-state index contributed by atoms with van der Waals surface area (Å²) in [4.78, 5) is 11.5. The number of carbonyl (C=O) groups is 1. The van der Waals surface area contributed by atoms with Crippen molar-refractivity contribution < 1.29 is 14.6 Å². The molecule has 6 nitrogen and oxygen atoms in total. The molecule has 1 aliphatic rings. The summed E-state index contributed by atoms with van der Waals surface area (Å²) in [5.74, 6) is 0.0692. The van der Waals surface area contributed by atoms with Gasteiger partial charge in [-0.15, -0.1) is 5.10 Å². The molecule has 2 N–H and O–H groups in total. The van der Waals surface area contributed by atoms with Crippen molar-refractivity contribution in [2.75, 3.05) is 11.9 Å². The van der Waals surface area contributed by atoms with Crippen LogP contribution in [-0.4, -0.2) is 27.9 Å². The Balaban J connectivity index is 1.97. The van der Waals surface area contributed by atoms with Gasteiger partial charge in [0.2, 0.25) is 0 Å². The molecule has 0 aliphatic carbocycles. The standard InChI is InChI=1S/C15H15N3O3/c1-8-9(2)17-18-14(13(8)15(19)20)16-11-7-21-12-6-4-3-5-10(11)12/h3-6,11H,7H2,1-2H3,(H,16,18)(H,19,20). The summed E-state index contributed by atoms with van der Waals surface area (Å²) in [5, 5.41) is 20.5. The fourth-order valence-corrected chi connectivity index (χ4v) is 2.42. The number of carboxylic acids is 1. The Bertz CT molecular complexity index is 715. The van der Waals surface area contributed by atoms with Gasteiger partial charge in [-0.3, -0.25) is 0 Å². The largest absolute Gasteiger partial charge is 0.491 e. The zero-order valence-corrected chi connectivity index (χ0v) is 11.8. The number of benzene rings is 1. The van der Waals surface area contributed by atoms with Crippen LogP contribution in [0.2, 0.25) is 0 Å². The van der Waals surface area contributed by atoms with Gasteiger partial charge in [0.1, 0.15) is 17.9 Å². The molecule has 1 atom stereocenters. The Hall–Kier alpha value is -2.63. The van der Waals surface area contributed by atoms with E-state index in [0.717, 1.165) is 11.3 Å². The molecule has 1 aromatic carbocycles. The number of hydrogen-bond donors (Lipinski definition) is 2. The molecule has 3 rings (SSSR count). The molecule has 1 aromatic heterocycles. The lowest BCUT2D eigenvalue weighted by Crippen LogP contribution is -2.18. The van der Waals surface area contributed by atoms with E-state index in [0.29, 0.717) is 17.9 Å². The maximum Gasteiger partial charge on any atom is 0.339 e. The van der Waals surface area contributed by atoms with Crippen LogP contribution >= 0.6 is 0 Å². The van der Waals surface area contributed by atoms with Gasteiger partial charge in [0.25, 0.3) is 0 Å². The summed E-state index contributed by atoms with van der Waals surface area (Å²) in [6.07, 6.45) is 0. The Morgan fingerprint density at radius 3 is 2.86 bits per heavy atom. The van der Waals surface area contributed by atoms with Crippen molar-refractivity contribution in [3.8, 4) is 5.75 Å². The third-order valence-corrected chi connectivity index (χ3v) is 3.68. The minimum absolute atomic E-state index is 0.129. The molecular formula is C15H15N3O3. The first-order valence-electron chi connectivity index (χ1n) is 6.63. The van der Waals surface area contributed by atoms with Gasteiger partial charge in [0.05, 0.1) is 11.7 Å². The molecule has 1 aliphatic heterocycles. The van der Waals surface area contributed by atoms with Gasteiger partial charge in [-0.1, -0.05) is 18.2 Å². The lowest BCUT2D eigenvalue weighted by Gasteiger charge is -2.15. The second-order valence-corrected chi connectivity index (χ2v) is 4.98. The van der Waals surface area contributed by atoms with Crippen molar-refractivity contribution in [1.82, 2.24) is 10.2 Å². The van der Waals surface area contributed by atoms with Crippen LogP contribution in [0, 0.1) is 13.8 Å². The molecule has 108 valence electrons. The number of rotatable bonds is 3. The Labute approximate surface area is 121 Å². The van der Waals surface area contributed by atoms with E-state index in [9.17, 15) is 9.90 Å². The summed E-state index contributed by atoms with van der Waals surface area (Å²) in [6, 6.07) is 7.54. The number of fused-ring (bicyclic) bond motifs is 1. The molecule has 0 fully saturated rings. The highest BCUT2D eigenvalue weighted by molar-refractivity contribution is 5.94. The number of nitrogens with one attached hydrogen (secondary N) is 1. The number of ether oxygens (including phenoxy) is 1. The monoisotopic (exact) mass is 285 g/mol. The van der Waals surface area contributed by atoms with Crippen LogP contribution in [0.25, 0.3) is 0 Å². The van der Waals surface area contributed by atoms with Crippen molar-refractivity contribution in [2.45, 2.75) is 19.9 Å². The van der Waals surface area contributed by atoms with E-state index in [2.05, 4.69) is 15.5 Å². The number of para-hydroxylation sites is 1. The van der Waals surface area contributed by atoms with Gasteiger partial charge < -0.3 is 15.2 Å². The first-order chi connectivity index (χ1) is 10.1. The third-order valence-electron chi connectivity index (χ3n) is 3.68. The van der Waals surface area contributed by atoms with E-state index < -0.39 is 5.97 Å². The van der Waals surface area contributed by atoms with Crippen molar-refractivity contribution in [3.05, 3.63) is 46.6 Å². The predicted molar refractivity (Wildman–Crippen MR) is 76.8 cm³/mol. The zero-order chi connectivity index (χ0) is 15.0. The van der Waals surface area contributed by atoms with E-state index in [1.807, 2.05) is 24.3 Å². The molecular weight excluding hydrogens is 270 g/mol. The highest BCUT2D eigenvalue weighted by atomic mass is 16.5. The van der Waals surface area contributed by atoms with Gasteiger partial charge in [-0.05, 0) is 25.5 Å². The van der Waals surface area contributed by atoms with Crippen LogP contribution in [0.5, 0.6) is 5.75 Å². The van der Waals surface area contributed by atoms with E-state index >= 15 is 0 Å². The molecule has 0 saturated carbocycles. The molecule has 2 heterocycles. The second kappa shape index (κ2) is 5.05. The summed E-state index contributed by atoms with van der Waals surface area (Å²) in [7, 11) is 0. The van der Waals surface area contributed by atoms with Gasteiger partial charge in [-0.25, -0.2) is 4.79 Å². The molecule has 0 bridgehead atoms. The highest BCUT2D eigenvalue weighted by Crippen LogP contribution is 2.34. The maximum atomic E-state index is 11.5. The fraction of sp³-hybridized carbons (Fsp3) is 0.267. The summed E-state index contributed by atoms with van der Waals surface area (Å²) in [5.41, 5.74) is 2.38. The third kappa shape index (κ3) is 2.29. The van der Waals surface area contributed by atoms with Gasteiger partial charge in [-0.2, -0.15) is 5.10 Å². The highest BCUT2D eigenvalue weighted by Gasteiger charge is 2.26. The lowest BCUT2D eigenvalue weighted by atomic mass is 10.1. The zero-order valence-electron chi connectivity index (χ0n) is 11.8. The first kappa shape index (κ1) is 13.4. The Morgan fingerprint density at radius 2 is 2.10 bits per heavy atom. The Kier molecular flexibility index (Phi) is 3.21. The van der Waals surface area contributed by atoms with Crippen LogP contribution in [0.15, 0.2) is 24.3 Å². The number of anilines is 1. The van der Waals surface area contributed by atoms with E-state index in [1.54, 1.807) is 13.8 Å². The molecule has 0 spiro atoms. The van der Waals surface area contributed by atoms with Crippen LogP contribution in [0.1, 0.15) is 33.2 Å². The van der Waals surface area contributed by atoms with Crippen LogP contribution < -0.4 is 10.1 Å². The summed E-state index contributed by atoms with van der Waals surface area (Å²) >= 11 is 0. The summed E-state index contributed by atoms with van der Waals surface area (Å²) < 4.78 is 5.58. The van der Waals surface area contributed by atoms with Crippen molar-refractivity contribution in [2.24, 2.45) is 0 Å². The van der Waals surface area contributed by atoms with Gasteiger partial charge >= 0.3 is 5.97 Å². The fourth-order valence-electron chi connectivity index (χ4n) is 2.42. The van der Waals surface area contributed by atoms with Crippen LogP contribution in [-0.2, 0) is 0 Å². The lowest BCUT2D eigenvalue weighted by molar-refractivity contribution is 0.0696. The number of aromatic carboxylic acids is 1. The van der Waals surface area contributed by atoms with Crippen molar-refractivity contribution in [1.29, 1.82) is 0 Å². The SMILES string of the molecule is Cc1nnc(NC2COc3ccccc32)c(C(=O)O)c1C. The number of aryl methyl sites for hydroxylation is 1. The topological polar surface area (TPSA) is 84.3 Å². The molecule has 1 unspecified atom stereocenters. The van der Waals surface area contributed by atoms with E-state index in [4.69, 9.17) is 4.74 Å². The van der Waals surface area contributed by atoms with Crippen molar-refractivity contribution in [3.63, 3.8) is 0 Å². The maximum absolute atomic E-state index is 11.5. The molecule has 0 saturated heterocycles. The molecule has 6 heteroatoms. The molecule has 0 amide bonds. The van der Waals surface area contributed by atoms with E-state index in [1.165, 1.54) is 0 Å². The molecule has 2 aromatic rings. The first-order valence-corrected chi connectivity index (χ1v) is 6.63. The normalized spacial score (nSPS) is 16.2. The van der Waals surface area contributed by atoms with Crippen molar-refractivity contribution >= 4 is 11.8 Å². The van der Waals surface area contributed by atoms with Gasteiger partial charge in [0, 0.05) is 5.56 Å². The number of aromatic nitrogens is 2. The average Bonchev–Trinajstić information content (AvgIpc) is 2.86. The van der Waals surface area contributed by atoms with Crippen LogP contribution in [0.4, 0.5) is 5.82 Å². The molecule has 0 radical (unpaired) electrons. The molecule has 21 heavy (non-hydrogen) atoms. The number of carboxylic acid groups (broad SMARTS) is 1. The van der Waals surface area contributed by atoms with Gasteiger partial charge in [0.15, 0.2) is 5.82 Å². The summed E-state index contributed by atoms with van der Waals surface area (Å²) in [6.45, 7) is 3.91. The van der Waals surface area contributed by atoms with Crippen LogP contribution in [0.3, 0.4) is 0 Å². The van der Waals surface area contributed by atoms with E-state index in [-0.39, 0.29) is 17.4 Å². The second-order valence-electron chi connectivity index (χ2n) is 4.98. The smallest absolute Gasteiger partial charge is 0.339 e. The minimum atomic E-state index is -1.01. The Morgan fingerprint density at radius 1 is 1.33 bits per heavy atom. The quantitative estimate of drug-likeness (QED) is 0.900. The predicted octanol–water partition coefficient (Wildman–Crippen LogP) is 2.34. The number of nitrogens with zero attached hydrogens (tertiary/aromatic N) is 2. The number of hydrogen-bond acceptors (Lipinski definition) is 5. The average molecular weight is 285 g/mol. The minimum Gasteiger partial charge on any atom is -0.491 e.